The molecule has 2 aromatic carbocycles. The van der Waals surface area contributed by atoms with Gasteiger partial charge in [0.15, 0.2) is 0 Å². The zero-order chi connectivity index (χ0) is 18.2. The quantitative estimate of drug-likeness (QED) is 0.840. The maximum atomic E-state index is 12.1. The van der Waals surface area contributed by atoms with Crippen LogP contribution in [0.1, 0.15) is 22.3 Å². The Balaban J connectivity index is 1.49. The number of carbonyl (C=O) groups excluding carboxylic acids is 1. The van der Waals surface area contributed by atoms with Crippen molar-refractivity contribution >= 4 is 6.03 Å². The zero-order valence-electron chi connectivity index (χ0n) is 15.3. The molecule has 138 valence electrons. The lowest BCUT2D eigenvalue weighted by Crippen LogP contribution is -2.37. The molecule has 0 saturated carbocycles. The van der Waals surface area contributed by atoms with Crippen LogP contribution < -0.4 is 10.6 Å². The topological polar surface area (TPSA) is 53.6 Å². The summed E-state index contributed by atoms with van der Waals surface area (Å²) >= 11 is 0. The molecule has 0 spiro atoms. The van der Waals surface area contributed by atoms with Crippen molar-refractivity contribution in [3.05, 3.63) is 70.8 Å². The van der Waals surface area contributed by atoms with E-state index in [9.17, 15) is 4.79 Å². The summed E-state index contributed by atoms with van der Waals surface area (Å²) in [7, 11) is 0. The van der Waals surface area contributed by atoms with E-state index in [-0.39, 0.29) is 6.03 Å². The number of ether oxygens (including phenoxy) is 1. The highest BCUT2D eigenvalue weighted by atomic mass is 16.5. The fraction of sp³-hybridized carbons (Fsp3) is 0.381. The van der Waals surface area contributed by atoms with Crippen molar-refractivity contribution < 1.29 is 9.53 Å². The Morgan fingerprint density at radius 3 is 2.35 bits per heavy atom. The summed E-state index contributed by atoms with van der Waals surface area (Å²) in [6.45, 7) is 7.51. The highest BCUT2D eigenvalue weighted by Gasteiger charge is 2.13. The van der Waals surface area contributed by atoms with Crippen LogP contribution in [0.5, 0.6) is 0 Å². The van der Waals surface area contributed by atoms with Crippen molar-refractivity contribution in [1.29, 1.82) is 0 Å². The van der Waals surface area contributed by atoms with Gasteiger partial charge in [-0.3, -0.25) is 4.90 Å². The molecule has 1 fully saturated rings. The number of benzene rings is 2. The van der Waals surface area contributed by atoms with Crippen LogP contribution in [0.2, 0.25) is 0 Å². The van der Waals surface area contributed by atoms with Gasteiger partial charge in [0.1, 0.15) is 0 Å². The van der Waals surface area contributed by atoms with Crippen LogP contribution >= 0.6 is 0 Å². The normalized spacial score (nSPS) is 14.8. The number of morpholine rings is 1. The van der Waals surface area contributed by atoms with Gasteiger partial charge in [-0.1, -0.05) is 54.1 Å². The van der Waals surface area contributed by atoms with E-state index in [2.05, 4.69) is 52.8 Å². The van der Waals surface area contributed by atoms with Crippen LogP contribution in [0.3, 0.4) is 0 Å². The number of nitrogens with one attached hydrogen (secondary N) is 2. The second-order valence-corrected chi connectivity index (χ2v) is 6.68. The minimum absolute atomic E-state index is 0.147. The monoisotopic (exact) mass is 353 g/mol. The van der Waals surface area contributed by atoms with E-state index in [1.807, 2.05) is 18.2 Å². The molecule has 1 aliphatic heterocycles. The standard InChI is InChI=1S/C21H27N3O2/c1-17-6-8-18(9-7-17)14-22-21(25)23-15-19-4-2-3-5-20(19)16-24-10-12-26-13-11-24/h2-9H,10-16H2,1H3,(H2,22,23,25). The van der Waals surface area contributed by atoms with Gasteiger partial charge in [-0.05, 0) is 23.6 Å². The van der Waals surface area contributed by atoms with Crippen molar-refractivity contribution in [3.8, 4) is 0 Å². The minimum Gasteiger partial charge on any atom is -0.379 e. The first kappa shape index (κ1) is 18.4. The van der Waals surface area contributed by atoms with Gasteiger partial charge in [0, 0.05) is 32.7 Å². The van der Waals surface area contributed by atoms with Gasteiger partial charge in [0.05, 0.1) is 13.2 Å². The molecule has 5 nitrogen and oxygen atoms in total. The number of hydrogen-bond donors (Lipinski definition) is 2. The average molecular weight is 353 g/mol. The Kier molecular flexibility index (Phi) is 6.63. The molecule has 0 bridgehead atoms. The first-order valence-electron chi connectivity index (χ1n) is 9.15. The van der Waals surface area contributed by atoms with Crippen LogP contribution in [0.4, 0.5) is 4.79 Å². The molecule has 2 amide bonds. The van der Waals surface area contributed by atoms with Gasteiger partial charge in [0.2, 0.25) is 0 Å². The summed E-state index contributed by atoms with van der Waals surface area (Å²) in [5.41, 5.74) is 4.73. The maximum absolute atomic E-state index is 12.1. The molecule has 0 aromatic heterocycles. The zero-order valence-corrected chi connectivity index (χ0v) is 15.3. The van der Waals surface area contributed by atoms with Crippen LogP contribution in [-0.2, 0) is 24.4 Å². The molecule has 1 aliphatic rings. The third-order valence-electron chi connectivity index (χ3n) is 4.63. The Hall–Kier alpha value is -2.37. The Labute approximate surface area is 155 Å². The lowest BCUT2D eigenvalue weighted by atomic mass is 10.1. The summed E-state index contributed by atoms with van der Waals surface area (Å²) in [6, 6.07) is 16.3. The fourth-order valence-corrected chi connectivity index (χ4v) is 3.01. The van der Waals surface area contributed by atoms with E-state index in [1.54, 1.807) is 0 Å². The van der Waals surface area contributed by atoms with Gasteiger partial charge < -0.3 is 15.4 Å². The van der Waals surface area contributed by atoms with Crippen molar-refractivity contribution in [2.24, 2.45) is 0 Å². The molecule has 26 heavy (non-hydrogen) atoms. The highest BCUT2D eigenvalue weighted by molar-refractivity contribution is 5.73. The van der Waals surface area contributed by atoms with Crippen LogP contribution in [-0.4, -0.2) is 37.2 Å². The van der Waals surface area contributed by atoms with E-state index in [0.717, 1.165) is 44.0 Å². The fourth-order valence-electron chi connectivity index (χ4n) is 3.01. The Morgan fingerprint density at radius 2 is 1.62 bits per heavy atom. The van der Waals surface area contributed by atoms with Gasteiger partial charge in [-0.25, -0.2) is 4.79 Å². The molecule has 0 atom stereocenters. The number of amides is 2. The predicted octanol–water partition coefficient (Wildman–Crippen LogP) is 2.83. The van der Waals surface area contributed by atoms with Crippen LogP contribution in [0.15, 0.2) is 48.5 Å². The van der Waals surface area contributed by atoms with E-state index < -0.39 is 0 Å². The van der Waals surface area contributed by atoms with Crippen LogP contribution in [0, 0.1) is 6.92 Å². The number of nitrogens with zero attached hydrogens (tertiary/aromatic N) is 1. The van der Waals surface area contributed by atoms with Gasteiger partial charge in [-0.2, -0.15) is 0 Å². The number of urea groups is 1. The maximum Gasteiger partial charge on any atom is 0.315 e. The number of hydrogen-bond acceptors (Lipinski definition) is 3. The predicted molar refractivity (Wildman–Crippen MR) is 103 cm³/mol. The van der Waals surface area contributed by atoms with E-state index in [4.69, 9.17) is 4.74 Å². The molecular weight excluding hydrogens is 326 g/mol. The lowest BCUT2D eigenvalue weighted by Gasteiger charge is -2.27. The van der Waals surface area contributed by atoms with E-state index in [1.165, 1.54) is 11.1 Å². The van der Waals surface area contributed by atoms with E-state index >= 15 is 0 Å². The van der Waals surface area contributed by atoms with Crippen molar-refractivity contribution in [1.82, 2.24) is 15.5 Å². The van der Waals surface area contributed by atoms with Crippen molar-refractivity contribution in [2.45, 2.75) is 26.6 Å². The first-order chi connectivity index (χ1) is 12.7. The average Bonchev–Trinajstić information content (AvgIpc) is 2.68. The van der Waals surface area contributed by atoms with Crippen molar-refractivity contribution in [2.75, 3.05) is 26.3 Å². The second-order valence-electron chi connectivity index (χ2n) is 6.68. The summed E-state index contributed by atoms with van der Waals surface area (Å²) < 4.78 is 5.41. The SMILES string of the molecule is Cc1ccc(CNC(=O)NCc2ccccc2CN2CCOCC2)cc1. The third kappa shape index (κ3) is 5.58. The van der Waals surface area contributed by atoms with Gasteiger partial charge >= 0.3 is 6.03 Å². The molecule has 1 heterocycles. The minimum atomic E-state index is -0.147. The molecule has 2 aromatic rings. The Bertz CT molecular complexity index is 709. The molecule has 3 rings (SSSR count). The van der Waals surface area contributed by atoms with Crippen LogP contribution in [0.25, 0.3) is 0 Å². The van der Waals surface area contributed by atoms with Gasteiger partial charge in [0.25, 0.3) is 0 Å². The molecular formula is C21H27N3O2. The molecule has 2 N–H and O–H groups in total. The largest absolute Gasteiger partial charge is 0.379 e. The second kappa shape index (κ2) is 9.36. The number of aryl methyl sites for hydroxylation is 1. The summed E-state index contributed by atoms with van der Waals surface area (Å²) in [6.07, 6.45) is 0. The molecule has 5 heteroatoms. The summed E-state index contributed by atoms with van der Waals surface area (Å²) in [5, 5.41) is 5.88. The molecule has 0 aliphatic carbocycles. The molecule has 1 saturated heterocycles. The smallest absolute Gasteiger partial charge is 0.315 e. The Morgan fingerprint density at radius 1 is 0.962 bits per heavy atom. The number of rotatable bonds is 6. The summed E-state index contributed by atoms with van der Waals surface area (Å²) in [5.74, 6) is 0. The molecule has 0 unspecified atom stereocenters. The molecule has 0 radical (unpaired) electrons. The highest BCUT2D eigenvalue weighted by Crippen LogP contribution is 2.13. The first-order valence-corrected chi connectivity index (χ1v) is 9.15. The van der Waals surface area contributed by atoms with Crippen molar-refractivity contribution in [3.63, 3.8) is 0 Å². The summed E-state index contributed by atoms with van der Waals surface area (Å²) in [4.78, 5) is 14.5. The van der Waals surface area contributed by atoms with Gasteiger partial charge in [-0.15, -0.1) is 0 Å². The lowest BCUT2D eigenvalue weighted by molar-refractivity contribution is 0.0341. The number of carbonyl (C=O) groups is 1. The van der Waals surface area contributed by atoms with E-state index in [0.29, 0.717) is 13.1 Å². The third-order valence-corrected chi connectivity index (χ3v) is 4.63.